The summed E-state index contributed by atoms with van der Waals surface area (Å²) in [5.74, 6) is -0.557. The normalized spacial score (nSPS) is 13.5. The van der Waals surface area contributed by atoms with Gasteiger partial charge in [0.25, 0.3) is 0 Å². The Kier molecular flexibility index (Phi) is 4.45. The summed E-state index contributed by atoms with van der Waals surface area (Å²) in [5, 5.41) is 0. The zero-order chi connectivity index (χ0) is 16.9. The van der Waals surface area contributed by atoms with E-state index in [4.69, 9.17) is 4.74 Å². The molecule has 0 fully saturated rings. The van der Waals surface area contributed by atoms with E-state index in [0.717, 1.165) is 11.1 Å². The van der Waals surface area contributed by atoms with E-state index in [-0.39, 0.29) is 17.9 Å². The van der Waals surface area contributed by atoms with Crippen LogP contribution in [0.3, 0.4) is 0 Å². The number of benzene rings is 2. The molecule has 2 aromatic rings. The lowest BCUT2D eigenvalue weighted by Crippen LogP contribution is -2.22. The maximum absolute atomic E-state index is 12.4. The van der Waals surface area contributed by atoms with E-state index >= 15 is 0 Å². The van der Waals surface area contributed by atoms with Gasteiger partial charge < -0.3 is 10.3 Å². The molecule has 1 aliphatic rings. The molecule has 0 unspecified atom stereocenters. The van der Waals surface area contributed by atoms with Gasteiger partial charge in [-0.3, -0.25) is 0 Å². The van der Waals surface area contributed by atoms with Gasteiger partial charge >= 0.3 is 11.7 Å². The van der Waals surface area contributed by atoms with E-state index in [2.05, 4.69) is 9.78 Å². The maximum Gasteiger partial charge on any atom is 0.358 e. The van der Waals surface area contributed by atoms with Gasteiger partial charge in [0.05, 0.1) is 12.3 Å². The summed E-state index contributed by atoms with van der Waals surface area (Å²) in [6, 6.07) is 18.6. The zero-order valence-corrected chi connectivity index (χ0v) is 13.1. The van der Waals surface area contributed by atoms with Crippen LogP contribution in [0.15, 0.2) is 71.2 Å². The second kappa shape index (κ2) is 6.86. The van der Waals surface area contributed by atoms with Crippen molar-refractivity contribution in [2.45, 2.75) is 6.92 Å². The van der Waals surface area contributed by atoms with E-state index < -0.39 is 5.97 Å². The number of aliphatic imine (C=N–C) groups is 1. The molecule has 0 saturated heterocycles. The van der Waals surface area contributed by atoms with Crippen LogP contribution in [-0.2, 0) is 9.53 Å². The Hall–Kier alpha value is -3.30. The Balaban J connectivity index is 2.19. The highest BCUT2D eigenvalue weighted by Crippen LogP contribution is 2.29. The second-order valence-electron chi connectivity index (χ2n) is 5.09. The largest absolute Gasteiger partial charge is 0.462 e. The molecule has 24 heavy (non-hydrogen) atoms. The monoisotopic (exact) mass is 317 g/mol. The molecule has 2 aromatic carbocycles. The summed E-state index contributed by atoms with van der Waals surface area (Å²) in [4.78, 5) is 20.3. The van der Waals surface area contributed by atoms with Gasteiger partial charge in [-0.15, -0.1) is 0 Å². The van der Waals surface area contributed by atoms with Crippen LogP contribution in [0.5, 0.6) is 0 Å². The minimum absolute atomic E-state index is 0.124. The molecule has 0 N–H and O–H groups in total. The lowest BCUT2D eigenvalue weighted by Gasteiger charge is -2.03. The molecule has 118 valence electrons. The maximum atomic E-state index is 12.4. The molecule has 3 rings (SSSR count). The number of ether oxygens (including phenoxy) is 1. The highest BCUT2D eigenvalue weighted by Gasteiger charge is 2.39. The molecule has 1 heterocycles. The highest BCUT2D eigenvalue weighted by atomic mass is 16.5. The minimum Gasteiger partial charge on any atom is -0.462 e. The predicted molar refractivity (Wildman–Crippen MR) is 91.6 cm³/mol. The molecule has 0 radical (unpaired) electrons. The number of esters is 1. The number of hydrogen-bond acceptors (Lipinski definition) is 3. The fourth-order valence-electron chi connectivity index (χ4n) is 2.55. The van der Waals surface area contributed by atoms with Gasteiger partial charge in [0.2, 0.25) is 0 Å². The fraction of sp³-hybridized carbons (Fsp3) is 0.105. The number of carbonyl (C=O) groups excluding carboxylic acids is 1. The Morgan fingerprint density at radius 2 is 1.62 bits per heavy atom. The van der Waals surface area contributed by atoms with E-state index in [1.165, 1.54) is 0 Å². The lowest BCUT2D eigenvalue weighted by atomic mass is 10.00. The van der Waals surface area contributed by atoms with Crippen molar-refractivity contribution in [1.82, 2.24) is 0 Å². The molecule has 0 amide bonds. The van der Waals surface area contributed by atoms with Crippen molar-refractivity contribution in [1.29, 1.82) is 0 Å². The van der Waals surface area contributed by atoms with Crippen LogP contribution in [-0.4, -0.2) is 28.8 Å². The second-order valence-corrected chi connectivity index (χ2v) is 5.09. The summed E-state index contributed by atoms with van der Waals surface area (Å²) < 4.78 is 5.13. The van der Waals surface area contributed by atoms with Crippen LogP contribution in [0, 0.1) is 0 Å². The van der Waals surface area contributed by atoms with Gasteiger partial charge in [0, 0.05) is 11.1 Å². The summed E-state index contributed by atoms with van der Waals surface area (Å²) in [5.41, 5.74) is 12.2. The minimum atomic E-state index is -0.557. The molecular weight excluding hydrogens is 302 g/mol. The Morgan fingerprint density at radius 1 is 1.04 bits per heavy atom. The molecular formula is C19H15N3O2. The Bertz CT molecular complexity index is 877. The van der Waals surface area contributed by atoms with Crippen molar-refractivity contribution >= 4 is 23.1 Å². The van der Waals surface area contributed by atoms with Crippen LogP contribution in [0.2, 0.25) is 0 Å². The quantitative estimate of drug-likeness (QED) is 0.493. The van der Waals surface area contributed by atoms with Gasteiger partial charge in [-0.25, -0.2) is 9.79 Å². The van der Waals surface area contributed by atoms with E-state index in [9.17, 15) is 10.3 Å². The van der Waals surface area contributed by atoms with Gasteiger partial charge in [-0.2, -0.15) is 4.79 Å². The molecule has 5 nitrogen and oxygen atoms in total. The molecule has 1 aliphatic heterocycles. The van der Waals surface area contributed by atoms with E-state index in [1.54, 1.807) is 6.92 Å². The third-order valence-electron chi connectivity index (χ3n) is 3.60. The van der Waals surface area contributed by atoms with Gasteiger partial charge in [0.1, 0.15) is 0 Å². The molecule has 0 aliphatic carbocycles. The molecule has 0 bridgehead atoms. The lowest BCUT2D eigenvalue weighted by molar-refractivity contribution is -0.138. The molecule has 0 aromatic heterocycles. The smallest absolute Gasteiger partial charge is 0.358 e. The molecule has 0 spiro atoms. The van der Waals surface area contributed by atoms with Gasteiger partial charge in [-0.1, -0.05) is 60.7 Å². The highest BCUT2D eigenvalue weighted by molar-refractivity contribution is 6.60. The third kappa shape index (κ3) is 2.81. The van der Waals surface area contributed by atoms with E-state index in [1.807, 2.05) is 60.7 Å². The van der Waals surface area contributed by atoms with E-state index in [0.29, 0.717) is 11.4 Å². The van der Waals surface area contributed by atoms with Crippen molar-refractivity contribution in [2.75, 3.05) is 6.61 Å². The number of hydrogen-bond donors (Lipinski definition) is 0. The van der Waals surface area contributed by atoms with Crippen LogP contribution < -0.4 is 0 Å². The van der Waals surface area contributed by atoms with Crippen molar-refractivity contribution in [3.05, 3.63) is 82.9 Å². The van der Waals surface area contributed by atoms with Crippen molar-refractivity contribution in [3.63, 3.8) is 0 Å². The summed E-state index contributed by atoms with van der Waals surface area (Å²) in [6.07, 6.45) is 0. The predicted octanol–water partition coefficient (Wildman–Crippen LogP) is 3.13. The summed E-state index contributed by atoms with van der Waals surface area (Å²) in [6.45, 7) is 1.95. The fourth-order valence-corrected chi connectivity index (χ4v) is 2.55. The van der Waals surface area contributed by atoms with Crippen LogP contribution in [0.25, 0.3) is 11.2 Å². The van der Waals surface area contributed by atoms with Gasteiger partial charge in [-0.05, 0) is 6.92 Å². The van der Waals surface area contributed by atoms with Crippen molar-refractivity contribution in [2.24, 2.45) is 4.99 Å². The first-order valence-electron chi connectivity index (χ1n) is 7.60. The molecule has 5 heteroatoms. The van der Waals surface area contributed by atoms with Gasteiger partial charge in [0.15, 0.2) is 11.3 Å². The standard InChI is InChI=1S/C19H15N3O2/c1-2-24-19(23)15-16(13-9-5-3-6-10-13)21-17(18(15)22-20)14-11-7-4-8-12-14/h3-12H,2H2,1H3. The average molecular weight is 317 g/mol. The molecule has 0 saturated carbocycles. The first-order chi connectivity index (χ1) is 11.8. The first kappa shape index (κ1) is 15.6. The zero-order valence-electron chi connectivity index (χ0n) is 13.1. The van der Waals surface area contributed by atoms with Crippen molar-refractivity contribution < 1.29 is 14.3 Å². The van der Waals surface area contributed by atoms with Crippen LogP contribution in [0.1, 0.15) is 18.1 Å². The molecule has 0 atom stereocenters. The number of carbonyl (C=O) groups is 1. The number of rotatable bonds is 4. The Labute approximate surface area is 139 Å². The Morgan fingerprint density at radius 3 is 2.17 bits per heavy atom. The van der Waals surface area contributed by atoms with Crippen molar-refractivity contribution in [3.8, 4) is 0 Å². The van der Waals surface area contributed by atoms with Crippen LogP contribution >= 0.6 is 0 Å². The first-order valence-corrected chi connectivity index (χ1v) is 7.60. The van der Waals surface area contributed by atoms with Crippen LogP contribution in [0.4, 0.5) is 0 Å². The summed E-state index contributed by atoms with van der Waals surface area (Å²) in [7, 11) is 0. The summed E-state index contributed by atoms with van der Waals surface area (Å²) >= 11 is 0. The average Bonchev–Trinajstić information content (AvgIpc) is 3.03. The number of nitrogens with zero attached hydrogens (tertiary/aromatic N) is 3. The topological polar surface area (TPSA) is 75.1 Å². The third-order valence-corrected chi connectivity index (χ3v) is 3.60. The SMILES string of the molecule is CCOC(=O)C1=C(c2ccccc2)N=C(c2ccccc2)C1=[N+]=[N-].